The van der Waals surface area contributed by atoms with Gasteiger partial charge in [0.15, 0.2) is 0 Å². The summed E-state index contributed by atoms with van der Waals surface area (Å²) < 4.78 is 144. The van der Waals surface area contributed by atoms with E-state index in [0.717, 1.165) is 23.1 Å². The second kappa shape index (κ2) is 11.4. The maximum Gasteiger partial charge on any atom is 0.416 e. The number of halogens is 9. The minimum Gasteiger partial charge on any atom is -0.496 e. The number of benzene rings is 3. The van der Waals surface area contributed by atoms with E-state index in [1.165, 1.54) is 38.5 Å². The van der Waals surface area contributed by atoms with Gasteiger partial charge in [-0.3, -0.25) is 9.11 Å². The Balaban J connectivity index is 1.80. The molecule has 0 N–H and O–H groups in total. The lowest BCUT2D eigenvalue weighted by Gasteiger charge is -2.24. The lowest BCUT2D eigenvalue weighted by Crippen LogP contribution is -2.32. The summed E-state index contributed by atoms with van der Waals surface area (Å²) in [6.45, 7) is 0.723. The molecule has 1 heterocycles. The molecule has 1 unspecified atom stereocenters. The summed E-state index contributed by atoms with van der Waals surface area (Å²) >= 11 is 0. The number of carbonyl (C=O) groups excluding carboxylic acids is 1. The number of rotatable bonds is 6. The van der Waals surface area contributed by atoms with Gasteiger partial charge >= 0.3 is 24.6 Å². The largest absolute Gasteiger partial charge is 0.496 e. The summed E-state index contributed by atoms with van der Waals surface area (Å²) in [7, 11) is -0.181. The van der Waals surface area contributed by atoms with Gasteiger partial charge in [0, 0.05) is 27.5 Å². The van der Waals surface area contributed by atoms with E-state index in [0.29, 0.717) is 17.0 Å². The molecular formula is C28H22F9NO4S. The molecular weight excluding hydrogens is 617 g/mol. The molecule has 1 saturated heterocycles. The van der Waals surface area contributed by atoms with Gasteiger partial charge in [-0.1, -0.05) is 6.07 Å². The third-order valence-corrected chi connectivity index (χ3v) is 7.81. The topological polar surface area (TPSA) is 55.8 Å². The Morgan fingerprint density at radius 2 is 1.40 bits per heavy atom. The van der Waals surface area contributed by atoms with E-state index < -0.39 is 76.4 Å². The SMILES string of the molecule is COc1ccc(S(C)=O)cc1-c1ccc(C(F)(F)F)cc1CN1C(=O)O[C@H](c2cc(C(F)(F)F)cc(C(F)(F)F)c2)[C@H]1C. The Morgan fingerprint density at radius 1 is 0.814 bits per heavy atom. The molecule has 1 aliphatic heterocycles. The molecule has 0 radical (unpaired) electrons. The van der Waals surface area contributed by atoms with Crippen LogP contribution in [0.25, 0.3) is 11.1 Å². The minimum atomic E-state index is -5.15. The van der Waals surface area contributed by atoms with Crippen molar-refractivity contribution in [3.05, 3.63) is 82.4 Å². The van der Waals surface area contributed by atoms with Gasteiger partial charge in [-0.15, -0.1) is 0 Å². The van der Waals surface area contributed by atoms with Crippen molar-refractivity contribution in [1.29, 1.82) is 0 Å². The highest BCUT2D eigenvalue weighted by molar-refractivity contribution is 7.84. The standard InChI is InChI=1S/C28H22F9NO4S/c1-14-24(15-8-18(27(32,33)34)11-19(9-15)28(35,36)37)42-25(39)38(14)13-16-10-17(26(29,30)31)4-6-21(16)22-12-20(43(3)40)5-7-23(22)41-2/h4-12,14,24H,13H2,1-3H3/t14-,24+,43?/m1/s1. The number of methoxy groups -OCH3 is 1. The summed E-state index contributed by atoms with van der Waals surface area (Å²) in [4.78, 5) is 14.1. The maximum atomic E-state index is 13.7. The number of hydrogen-bond donors (Lipinski definition) is 0. The van der Waals surface area contributed by atoms with E-state index in [1.807, 2.05) is 0 Å². The smallest absolute Gasteiger partial charge is 0.416 e. The van der Waals surface area contributed by atoms with Gasteiger partial charge in [0.25, 0.3) is 0 Å². The molecule has 4 rings (SSSR count). The zero-order valence-electron chi connectivity index (χ0n) is 22.4. The molecule has 3 atom stereocenters. The first kappa shape index (κ1) is 32.2. The van der Waals surface area contributed by atoms with Gasteiger partial charge in [-0.05, 0) is 72.1 Å². The minimum absolute atomic E-state index is 0.0670. The van der Waals surface area contributed by atoms with Crippen LogP contribution in [-0.2, 0) is 40.6 Å². The molecule has 0 aromatic heterocycles. The summed E-state index contributed by atoms with van der Waals surface area (Å²) in [6.07, 6.45) is -16.5. The highest BCUT2D eigenvalue weighted by Crippen LogP contribution is 2.43. The fourth-order valence-electron chi connectivity index (χ4n) is 4.73. The molecule has 0 spiro atoms. The van der Waals surface area contributed by atoms with E-state index in [-0.39, 0.29) is 28.5 Å². The number of alkyl halides is 9. The third kappa shape index (κ3) is 6.76. The predicted molar refractivity (Wildman–Crippen MR) is 136 cm³/mol. The van der Waals surface area contributed by atoms with Gasteiger partial charge in [0.2, 0.25) is 0 Å². The van der Waals surface area contributed by atoms with E-state index in [1.54, 1.807) is 0 Å². The van der Waals surface area contributed by atoms with Gasteiger partial charge in [0.05, 0.1) is 36.4 Å². The van der Waals surface area contributed by atoms with Crippen molar-refractivity contribution in [2.75, 3.05) is 13.4 Å². The molecule has 1 aliphatic rings. The highest BCUT2D eigenvalue weighted by atomic mass is 32.2. The Kier molecular flexibility index (Phi) is 8.52. The van der Waals surface area contributed by atoms with Crippen molar-refractivity contribution in [1.82, 2.24) is 4.90 Å². The van der Waals surface area contributed by atoms with Crippen LogP contribution in [0.5, 0.6) is 5.75 Å². The molecule has 1 fully saturated rings. The van der Waals surface area contributed by atoms with Gasteiger partial charge in [0.1, 0.15) is 11.9 Å². The normalized spacial score (nSPS) is 18.5. The molecule has 3 aromatic carbocycles. The summed E-state index contributed by atoms with van der Waals surface area (Å²) in [5, 5.41) is 0. The second-order valence-corrected chi connectivity index (χ2v) is 11.1. The lowest BCUT2D eigenvalue weighted by atomic mass is 9.95. The lowest BCUT2D eigenvalue weighted by molar-refractivity contribution is -0.143. The van der Waals surface area contributed by atoms with Crippen LogP contribution < -0.4 is 4.74 Å². The first-order chi connectivity index (χ1) is 19.8. The van der Waals surface area contributed by atoms with Crippen LogP contribution in [0, 0.1) is 0 Å². The van der Waals surface area contributed by atoms with Crippen LogP contribution >= 0.6 is 0 Å². The molecule has 43 heavy (non-hydrogen) atoms. The number of nitrogens with zero attached hydrogens (tertiary/aromatic N) is 1. The molecule has 0 aliphatic carbocycles. The van der Waals surface area contributed by atoms with E-state index in [4.69, 9.17) is 9.47 Å². The van der Waals surface area contributed by atoms with Crippen LogP contribution in [0.1, 0.15) is 40.8 Å². The van der Waals surface area contributed by atoms with Crippen molar-refractivity contribution in [2.45, 2.75) is 49.0 Å². The van der Waals surface area contributed by atoms with Gasteiger partial charge < -0.3 is 9.47 Å². The van der Waals surface area contributed by atoms with Crippen molar-refractivity contribution in [3.8, 4) is 16.9 Å². The Hall–Kier alpha value is -3.75. The van der Waals surface area contributed by atoms with E-state index in [9.17, 15) is 48.5 Å². The van der Waals surface area contributed by atoms with Crippen LogP contribution in [-0.4, -0.2) is 34.6 Å². The quantitative estimate of drug-likeness (QED) is 0.255. The average molecular weight is 640 g/mol. The number of hydrogen-bond acceptors (Lipinski definition) is 4. The fourth-order valence-corrected chi connectivity index (χ4v) is 5.27. The molecule has 1 amide bonds. The summed E-state index contributed by atoms with van der Waals surface area (Å²) in [5.74, 6) is 0.203. The first-order valence-corrected chi connectivity index (χ1v) is 13.9. The zero-order valence-corrected chi connectivity index (χ0v) is 23.3. The summed E-state index contributed by atoms with van der Waals surface area (Å²) in [5.41, 5.74) is -4.59. The molecule has 3 aromatic rings. The zero-order chi connectivity index (χ0) is 32.1. The van der Waals surface area contributed by atoms with Crippen LogP contribution in [0.15, 0.2) is 59.5 Å². The van der Waals surface area contributed by atoms with Crippen LogP contribution in [0.3, 0.4) is 0 Å². The second-order valence-electron chi connectivity index (χ2n) is 9.70. The average Bonchev–Trinajstić information content (AvgIpc) is 3.19. The van der Waals surface area contributed by atoms with E-state index in [2.05, 4.69) is 0 Å². The van der Waals surface area contributed by atoms with Gasteiger partial charge in [-0.2, -0.15) is 39.5 Å². The Morgan fingerprint density at radius 3 is 1.91 bits per heavy atom. The first-order valence-electron chi connectivity index (χ1n) is 12.3. The highest BCUT2D eigenvalue weighted by Gasteiger charge is 2.43. The maximum absolute atomic E-state index is 13.7. The number of amides is 1. The van der Waals surface area contributed by atoms with Crippen LogP contribution in [0.4, 0.5) is 44.3 Å². The van der Waals surface area contributed by atoms with Gasteiger partial charge in [-0.25, -0.2) is 4.79 Å². The number of ether oxygens (including phenoxy) is 2. The third-order valence-electron chi connectivity index (χ3n) is 6.90. The Bertz CT molecular complexity index is 1530. The van der Waals surface area contributed by atoms with Crippen molar-refractivity contribution >= 4 is 16.9 Å². The molecule has 0 bridgehead atoms. The monoisotopic (exact) mass is 639 g/mol. The number of cyclic esters (lactones) is 1. The fraction of sp³-hybridized carbons (Fsp3) is 0.321. The van der Waals surface area contributed by atoms with Crippen molar-refractivity contribution in [3.63, 3.8) is 0 Å². The molecule has 15 heteroatoms. The molecule has 0 saturated carbocycles. The number of carbonyl (C=O) groups is 1. The predicted octanol–water partition coefficient (Wildman–Crippen LogP) is 8.24. The van der Waals surface area contributed by atoms with Crippen LogP contribution in [0.2, 0.25) is 0 Å². The van der Waals surface area contributed by atoms with Crippen molar-refractivity contribution < 1.29 is 58.0 Å². The Labute approximate surface area is 241 Å². The summed E-state index contributed by atoms with van der Waals surface area (Å²) in [6, 6.07) is 6.70. The van der Waals surface area contributed by atoms with E-state index >= 15 is 0 Å². The van der Waals surface area contributed by atoms with Crippen molar-refractivity contribution in [2.24, 2.45) is 0 Å². The molecule has 5 nitrogen and oxygen atoms in total. The molecule has 232 valence electrons.